The molecule has 1 saturated heterocycles. The minimum absolute atomic E-state index is 0.00341. The Hall–Kier alpha value is -1.10. The number of piperidine rings is 1. The Morgan fingerprint density at radius 2 is 1.71 bits per heavy atom. The Kier molecular flexibility index (Phi) is 6.03. The number of amides is 2. The summed E-state index contributed by atoms with van der Waals surface area (Å²) in [6.07, 6.45) is 8.08. The number of rotatable bonds is 5. The summed E-state index contributed by atoms with van der Waals surface area (Å²) in [5, 5.41) is 0. The summed E-state index contributed by atoms with van der Waals surface area (Å²) >= 11 is 0. The molecule has 2 N–H and O–H groups in total. The Bertz CT molecular complexity index is 359. The summed E-state index contributed by atoms with van der Waals surface area (Å²) in [4.78, 5) is 27.5. The van der Waals surface area contributed by atoms with E-state index in [1.54, 1.807) is 0 Å². The minimum atomic E-state index is -0.199. The Balaban J connectivity index is 1.70. The van der Waals surface area contributed by atoms with Gasteiger partial charge in [0.2, 0.25) is 11.8 Å². The number of hydrogen-bond donors (Lipinski definition) is 1. The van der Waals surface area contributed by atoms with Crippen molar-refractivity contribution in [3.63, 3.8) is 0 Å². The molecule has 5 heteroatoms. The Labute approximate surface area is 127 Å². The van der Waals surface area contributed by atoms with E-state index in [0.29, 0.717) is 12.5 Å². The van der Waals surface area contributed by atoms with E-state index < -0.39 is 0 Å². The van der Waals surface area contributed by atoms with E-state index in [-0.39, 0.29) is 17.7 Å². The van der Waals surface area contributed by atoms with Gasteiger partial charge in [0.1, 0.15) is 0 Å². The number of nitrogens with two attached hydrogens (primary N) is 1. The van der Waals surface area contributed by atoms with Gasteiger partial charge in [0.25, 0.3) is 0 Å². The Morgan fingerprint density at radius 3 is 2.29 bits per heavy atom. The topological polar surface area (TPSA) is 66.6 Å². The van der Waals surface area contributed by atoms with E-state index in [9.17, 15) is 9.59 Å². The average molecular weight is 295 g/mol. The number of likely N-dealkylation sites (N-methyl/N-ethyl adjacent to an activating group) is 1. The molecule has 1 heterocycles. The van der Waals surface area contributed by atoms with Crippen LogP contribution < -0.4 is 5.73 Å². The van der Waals surface area contributed by atoms with Crippen molar-refractivity contribution in [2.45, 2.75) is 44.9 Å². The highest BCUT2D eigenvalue weighted by atomic mass is 16.2. The summed E-state index contributed by atoms with van der Waals surface area (Å²) in [6, 6.07) is 0. The molecule has 0 aromatic heterocycles. The molecule has 0 atom stereocenters. The third-order valence-corrected chi connectivity index (χ3v) is 5.03. The molecule has 2 amide bonds. The van der Waals surface area contributed by atoms with Gasteiger partial charge in [-0.3, -0.25) is 14.5 Å². The van der Waals surface area contributed by atoms with Gasteiger partial charge in [0, 0.05) is 19.5 Å². The predicted octanol–water partition coefficient (Wildman–Crippen LogP) is 1.22. The first kappa shape index (κ1) is 16.3. The molecule has 0 bridgehead atoms. The van der Waals surface area contributed by atoms with Crippen molar-refractivity contribution < 1.29 is 9.59 Å². The van der Waals surface area contributed by atoms with E-state index in [4.69, 9.17) is 5.73 Å². The van der Waals surface area contributed by atoms with Gasteiger partial charge >= 0.3 is 0 Å². The quantitative estimate of drug-likeness (QED) is 0.829. The number of hydrogen-bond acceptors (Lipinski definition) is 3. The fourth-order valence-corrected chi connectivity index (χ4v) is 3.55. The van der Waals surface area contributed by atoms with Gasteiger partial charge in [0.15, 0.2) is 0 Å². The van der Waals surface area contributed by atoms with Crippen molar-refractivity contribution >= 4 is 11.8 Å². The number of primary amides is 1. The lowest BCUT2D eigenvalue weighted by Gasteiger charge is -2.32. The summed E-state index contributed by atoms with van der Waals surface area (Å²) in [5.41, 5.74) is 5.33. The molecule has 0 aromatic carbocycles. The fourth-order valence-electron chi connectivity index (χ4n) is 3.55. The molecule has 1 aliphatic heterocycles. The van der Waals surface area contributed by atoms with Crippen LogP contribution in [0, 0.1) is 11.8 Å². The molecule has 1 saturated carbocycles. The molecule has 120 valence electrons. The summed E-state index contributed by atoms with van der Waals surface area (Å²) in [7, 11) is 1.92. The Morgan fingerprint density at radius 1 is 1.10 bits per heavy atom. The van der Waals surface area contributed by atoms with Gasteiger partial charge in [-0.25, -0.2) is 0 Å². The van der Waals surface area contributed by atoms with Gasteiger partial charge in [0.05, 0.1) is 6.54 Å². The minimum Gasteiger partial charge on any atom is -0.369 e. The van der Waals surface area contributed by atoms with E-state index in [1.807, 2.05) is 11.9 Å². The van der Waals surface area contributed by atoms with Crippen LogP contribution in [0.15, 0.2) is 0 Å². The van der Waals surface area contributed by atoms with Gasteiger partial charge in [-0.1, -0.05) is 19.3 Å². The van der Waals surface area contributed by atoms with Crippen LogP contribution in [0.2, 0.25) is 0 Å². The van der Waals surface area contributed by atoms with E-state index in [2.05, 4.69) is 4.90 Å². The van der Waals surface area contributed by atoms with Crippen LogP contribution in [0.5, 0.6) is 0 Å². The summed E-state index contributed by atoms with van der Waals surface area (Å²) in [5.74, 6) is 0.693. The molecule has 0 radical (unpaired) electrons. The number of carbonyl (C=O) groups excluding carboxylic acids is 2. The summed E-state index contributed by atoms with van der Waals surface area (Å²) < 4.78 is 0. The molecule has 1 aliphatic carbocycles. The standard InChI is InChI=1S/C16H29N3O2/c1-18(11-13-5-3-2-4-6-13)15(20)12-19-9-7-14(8-10-19)16(17)21/h13-14H,2-12H2,1H3,(H2,17,21). The number of nitrogens with zero attached hydrogens (tertiary/aromatic N) is 2. The molecule has 0 unspecified atom stereocenters. The van der Waals surface area contributed by atoms with E-state index >= 15 is 0 Å². The predicted molar refractivity (Wildman–Crippen MR) is 82.6 cm³/mol. The van der Waals surface area contributed by atoms with Crippen molar-refractivity contribution in [2.75, 3.05) is 33.2 Å². The fraction of sp³-hybridized carbons (Fsp3) is 0.875. The molecule has 21 heavy (non-hydrogen) atoms. The normalized spacial score (nSPS) is 22.1. The first-order valence-corrected chi connectivity index (χ1v) is 8.32. The van der Waals surface area contributed by atoms with Crippen molar-refractivity contribution in [3.8, 4) is 0 Å². The third-order valence-electron chi connectivity index (χ3n) is 5.03. The van der Waals surface area contributed by atoms with Gasteiger partial charge in [-0.2, -0.15) is 0 Å². The maximum Gasteiger partial charge on any atom is 0.236 e. The number of likely N-dealkylation sites (tertiary alicyclic amines) is 1. The van der Waals surface area contributed by atoms with Crippen LogP contribution in [-0.2, 0) is 9.59 Å². The van der Waals surface area contributed by atoms with E-state index in [0.717, 1.165) is 32.5 Å². The van der Waals surface area contributed by atoms with Crippen LogP contribution in [0.1, 0.15) is 44.9 Å². The molecule has 0 aromatic rings. The monoisotopic (exact) mass is 295 g/mol. The maximum absolute atomic E-state index is 12.3. The highest BCUT2D eigenvalue weighted by molar-refractivity contribution is 5.78. The molecule has 2 rings (SSSR count). The molecular formula is C16H29N3O2. The van der Waals surface area contributed by atoms with Gasteiger partial charge < -0.3 is 10.6 Å². The van der Waals surface area contributed by atoms with Crippen LogP contribution in [0.4, 0.5) is 0 Å². The number of carbonyl (C=O) groups is 2. The lowest BCUT2D eigenvalue weighted by molar-refractivity contribution is -0.132. The summed E-state index contributed by atoms with van der Waals surface area (Å²) in [6.45, 7) is 2.98. The van der Waals surface area contributed by atoms with Crippen LogP contribution >= 0.6 is 0 Å². The third kappa shape index (κ3) is 4.99. The van der Waals surface area contributed by atoms with Gasteiger partial charge in [-0.15, -0.1) is 0 Å². The highest BCUT2D eigenvalue weighted by Crippen LogP contribution is 2.24. The van der Waals surface area contributed by atoms with Crippen molar-refractivity contribution in [1.29, 1.82) is 0 Å². The molecule has 5 nitrogen and oxygen atoms in total. The second-order valence-corrected chi connectivity index (χ2v) is 6.73. The van der Waals surface area contributed by atoms with E-state index in [1.165, 1.54) is 32.1 Å². The zero-order valence-corrected chi connectivity index (χ0v) is 13.2. The van der Waals surface area contributed by atoms with Crippen LogP contribution in [0.3, 0.4) is 0 Å². The maximum atomic E-state index is 12.3. The average Bonchev–Trinajstić information content (AvgIpc) is 2.48. The van der Waals surface area contributed by atoms with Gasteiger partial charge in [-0.05, 0) is 44.7 Å². The first-order chi connectivity index (χ1) is 10.1. The van der Waals surface area contributed by atoms with Crippen molar-refractivity contribution in [2.24, 2.45) is 17.6 Å². The lowest BCUT2D eigenvalue weighted by Crippen LogP contribution is -2.45. The first-order valence-electron chi connectivity index (χ1n) is 8.32. The van der Waals surface area contributed by atoms with Crippen LogP contribution in [0.25, 0.3) is 0 Å². The lowest BCUT2D eigenvalue weighted by atomic mass is 9.89. The molecular weight excluding hydrogens is 266 g/mol. The molecule has 2 aliphatic rings. The second kappa shape index (κ2) is 7.78. The van der Waals surface area contributed by atoms with Crippen molar-refractivity contribution in [1.82, 2.24) is 9.80 Å². The highest BCUT2D eigenvalue weighted by Gasteiger charge is 2.25. The SMILES string of the molecule is CN(CC1CCCCC1)C(=O)CN1CCC(C(N)=O)CC1. The molecule has 0 spiro atoms. The van der Waals surface area contributed by atoms with Crippen LogP contribution in [-0.4, -0.2) is 54.8 Å². The zero-order valence-electron chi connectivity index (χ0n) is 13.2. The van der Waals surface area contributed by atoms with Crippen molar-refractivity contribution in [3.05, 3.63) is 0 Å². The smallest absolute Gasteiger partial charge is 0.236 e. The second-order valence-electron chi connectivity index (χ2n) is 6.73. The zero-order chi connectivity index (χ0) is 15.2. The molecule has 2 fully saturated rings. The largest absolute Gasteiger partial charge is 0.369 e.